The monoisotopic (exact) mass is 454 g/mol. The van der Waals surface area contributed by atoms with Crippen molar-refractivity contribution in [3.8, 4) is 16.2 Å². The number of thiophene rings is 1. The highest BCUT2D eigenvalue weighted by molar-refractivity contribution is 7.22. The lowest BCUT2D eigenvalue weighted by Gasteiger charge is -2.08. The van der Waals surface area contributed by atoms with Gasteiger partial charge in [-0.05, 0) is 42.0 Å². The summed E-state index contributed by atoms with van der Waals surface area (Å²) in [6.45, 7) is -0.431. The SMILES string of the molecule is COc1ccc(-c2cc3ncn(CC(=O)Nc4cc([N+](=O)[O-])ccc4F)c(=O)c3s2)cc1. The van der Waals surface area contributed by atoms with Crippen molar-refractivity contribution >= 4 is 38.8 Å². The van der Waals surface area contributed by atoms with Crippen LogP contribution in [0.3, 0.4) is 0 Å². The average molecular weight is 454 g/mol. The molecule has 2 heterocycles. The van der Waals surface area contributed by atoms with Crippen LogP contribution in [0.15, 0.2) is 59.7 Å². The molecule has 2 aromatic heterocycles. The first kappa shape index (κ1) is 21.1. The highest BCUT2D eigenvalue weighted by atomic mass is 32.1. The number of hydrogen-bond donors (Lipinski definition) is 1. The first-order chi connectivity index (χ1) is 15.4. The molecule has 0 spiro atoms. The minimum Gasteiger partial charge on any atom is -0.497 e. The minimum atomic E-state index is -0.827. The van der Waals surface area contributed by atoms with Crippen LogP contribution in [0.2, 0.25) is 0 Å². The van der Waals surface area contributed by atoms with E-state index in [1.54, 1.807) is 13.2 Å². The zero-order valence-corrected chi connectivity index (χ0v) is 17.4. The number of nitro benzene ring substituents is 1. The fraction of sp³-hybridized carbons (Fsp3) is 0.0952. The Morgan fingerprint density at radius 1 is 1.25 bits per heavy atom. The van der Waals surface area contributed by atoms with Crippen LogP contribution in [-0.2, 0) is 11.3 Å². The van der Waals surface area contributed by atoms with Gasteiger partial charge in [0.15, 0.2) is 0 Å². The van der Waals surface area contributed by atoms with E-state index in [1.165, 1.54) is 17.7 Å². The third-order valence-corrected chi connectivity index (χ3v) is 5.79. The molecule has 0 aliphatic rings. The lowest BCUT2D eigenvalue weighted by Crippen LogP contribution is -2.27. The van der Waals surface area contributed by atoms with E-state index in [2.05, 4.69) is 10.3 Å². The average Bonchev–Trinajstić information content (AvgIpc) is 3.22. The van der Waals surface area contributed by atoms with Gasteiger partial charge in [-0.1, -0.05) is 0 Å². The highest BCUT2D eigenvalue weighted by Gasteiger charge is 2.16. The van der Waals surface area contributed by atoms with Crippen molar-refractivity contribution in [2.75, 3.05) is 12.4 Å². The molecule has 0 fully saturated rings. The topological polar surface area (TPSA) is 116 Å². The number of carbonyl (C=O) groups is 1. The van der Waals surface area contributed by atoms with Crippen LogP contribution in [-0.4, -0.2) is 27.5 Å². The molecule has 1 N–H and O–H groups in total. The number of anilines is 1. The quantitative estimate of drug-likeness (QED) is 0.350. The molecule has 4 rings (SSSR count). The molecule has 32 heavy (non-hydrogen) atoms. The Morgan fingerprint density at radius 3 is 2.69 bits per heavy atom. The molecule has 2 aromatic carbocycles. The maximum atomic E-state index is 13.9. The normalized spacial score (nSPS) is 10.8. The second-order valence-corrected chi connectivity index (χ2v) is 7.75. The molecular weight excluding hydrogens is 439 g/mol. The molecule has 162 valence electrons. The summed E-state index contributed by atoms with van der Waals surface area (Å²) in [6, 6.07) is 11.9. The van der Waals surface area contributed by atoms with Gasteiger partial charge in [-0.3, -0.25) is 24.3 Å². The number of benzene rings is 2. The number of non-ortho nitro benzene ring substituents is 1. The smallest absolute Gasteiger partial charge is 0.271 e. The van der Waals surface area contributed by atoms with Crippen molar-refractivity contribution < 1.29 is 18.8 Å². The Kier molecular flexibility index (Phi) is 5.65. The molecule has 11 heteroatoms. The summed E-state index contributed by atoms with van der Waals surface area (Å²) in [7, 11) is 1.57. The van der Waals surface area contributed by atoms with E-state index in [4.69, 9.17) is 4.74 Å². The maximum absolute atomic E-state index is 13.9. The number of carbonyl (C=O) groups excluding carboxylic acids is 1. The number of fused-ring (bicyclic) bond motifs is 1. The number of methoxy groups -OCH3 is 1. The van der Waals surface area contributed by atoms with Crippen LogP contribution in [0.25, 0.3) is 20.7 Å². The van der Waals surface area contributed by atoms with E-state index < -0.39 is 28.8 Å². The van der Waals surface area contributed by atoms with Crippen molar-refractivity contribution in [1.29, 1.82) is 0 Å². The summed E-state index contributed by atoms with van der Waals surface area (Å²) in [5.41, 5.74) is 0.246. The van der Waals surface area contributed by atoms with Gasteiger partial charge in [0.1, 0.15) is 22.8 Å². The van der Waals surface area contributed by atoms with Crippen LogP contribution in [0.5, 0.6) is 5.75 Å². The first-order valence-electron chi connectivity index (χ1n) is 9.23. The van der Waals surface area contributed by atoms with Crippen molar-refractivity contribution in [2.24, 2.45) is 0 Å². The van der Waals surface area contributed by atoms with Gasteiger partial charge < -0.3 is 10.1 Å². The van der Waals surface area contributed by atoms with E-state index in [-0.39, 0.29) is 11.4 Å². The van der Waals surface area contributed by atoms with Crippen LogP contribution >= 0.6 is 11.3 Å². The maximum Gasteiger partial charge on any atom is 0.271 e. The lowest BCUT2D eigenvalue weighted by molar-refractivity contribution is -0.384. The molecule has 0 saturated carbocycles. The number of ether oxygens (including phenoxy) is 1. The molecule has 0 radical (unpaired) electrons. The summed E-state index contributed by atoms with van der Waals surface area (Å²) in [4.78, 5) is 40.4. The summed E-state index contributed by atoms with van der Waals surface area (Å²) in [5, 5.41) is 13.1. The predicted octanol–water partition coefficient (Wildman–Crippen LogP) is 3.82. The molecule has 0 aliphatic heterocycles. The number of aromatic nitrogens is 2. The summed E-state index contributed by atoms with van der Waals surface area (Å²) < 4.78 is 20.5. The van der Waals surface area contributed by atoms with Crippen molar-refractivity contribution in [2.45, 2.75) is 6.54 Å². The zero-order valence-electron chi connectivity index (χ0n) is 16.6. The molecule has 0 saturated heterocycles. The van der Waals surface area contributed by atoms with Gasteiger partial charge >= 0.3 is 0 Å². The second kappa shape index (κ2) is 8.55. The predicted molar refractivity (Wildman–Crippen MR) is 118 cm³/mol. The van der Waals surface area contributed by atoms with Crippen LogP contribution in [0.4, 0.5) is 15.8 Å². The third kappa shape index (κ3) is 4.18. The van der Waals surface area contributed by atoms with E-state index in [1.807, 2.05) is 24.3 Å². The Bertz CT molecular complexity index is 1400. The molecule has 1 amide bonds. The molecule has 0 unspecified atom stereocenters. The molecule has 0 aliphatic carbocycles. The van der Waals surface area contributed by atoms with Crippen molar-refractivity contribution in [3.05, 3.63) is 81.1 Å². The second-order valence-electron chi connectivity index (χ2n) is 6.70. The van der Waals surface area contributed by atoms with Crippen molar-refractivity contribution in [1.82, 2.24) is 9.55 Å². The fourth-order valence-electron chi connectivity index (χ4n) is 3.02. The Morgan fingerprint density at radius 2 is 2.00 bits per heavy atom. The third-order valence-electron chi connectivity index (χ3n) is 4.63. The minimum absolute atomic E-state index is 0.343. The first-order valence-corrected chi connectivity index (χ1v) is 10.0. The van der Waals surface area contributed by atoms with E-state index in [0.717, 1.165) is 33.2 Å². The van der Waals surface area contributed by atoms with E-state index >= 15 is 0 Å². The van der Waals surface area contributed by atoms with E-state index in [9.17, 15) is 24.1 Å². The highest BCUT2D eigenvalue weighted by Crippen LogP contribution is 2.31. The largest absolute Gasteiger partial charge is 0.497 e. The van der Waals surface area contributed by atoms with Crippen LogP contribution < -0.4 is 15.6 Å². The molecule has 4 aromatic rings. The zero-order chi connectivity index (χ0) is 22.8. The standard InChI is InChI=1S/C21H15FN4O5S/c1-31-14-5-2-12(3-6-14)18-9-17-20(32-18)21(28)25(11-23-17)10-19(27)24-16-8-13(26(29)30)4-7-15(16)22/h2-9,11H,10H2,1H3,(H,24,27). The lowest BCUT2D eigenvalue weighted by atomic mass is 10.2. The number of halogens is 1. The van der Waals surface area contributed by atoms with Gasteiger partial charge in [0.05, 0.1) is 29.6 Å². The number of nitrogens with one attached hydrogen (secondary N) is 1. The number of nitro groups is 1. The molecule has 0 atom stereocenters. The van der Waals surface area contributed by atoms with Gasteiger partial charge in [-0.25, -0.2) is 9.37 Å². The molecule has 0 bridgehead atoms. The van der Waals surface area contributed by atoms with Gasteiger partial charge in [-0.15, -0.1) is 11.3 Å². The Labute approximate surface area is 183 Å². The summed E-state index contributed by atoms with van der Waals surface area (Å²) in [6.07, 6.45) is 1.23. The van der Waals surface area contributed by atoms with Gasteiger partial charge in [0.2, 0.25) is 5.91 Å². The number of hydrogen-bond acceptors (Lipinski definition) is 7. The molecule has 9 nitrogen and oxygen atoms in total. The Hall–Kier alpha value is -4.12. The fourth-order valence-corrected chi connectivity index (χ4v) is 4.09. The van der Waals surface area contributed by atoms with Crippen molar-refractivity contribution in [3.63, 3.8) is 0 Å². The summed E-state index contributed by atoms with van der Waals surface area (Å²) >= 11 is 1.24. The van der Waals surface area contributed by atoms with Crippen LogP contribution in [0, 0.1) is 15.9 Å². The number of nitrogens with zero attached hydrogens (tertiary/aromatic N) is 3. The van der Waals surface area contributed by atoms with Crippen LogP contribution in [0.1, 0.15) is 0 Å². The molecular formula is C21H15FN4O5S. The Balaban J connectivity index is 1.58. The summed E-state index contributed by atoms with van der Waals surface area (Å²) in [5.74, 6) is -0.839. The number of amides is 1. The van der Waals surface area contributed by atoms with E-state index in [0.29, 0.717) is 16.0 Å². The van der Waals surface area contributed by atoms with Gasteiger partial charge in [0.25, 0.3) is 11.2 Å². The number of rotatable bonds is 6. The van der Waals surface area contributed by atoms with Gasteiger partial charge in [0, 0.05) is 17.0 Å². The van der Waals surface area contributed by atoms with Gasteiger partial charge in [-0.2, -0.15) is 0 Å².